The Morgan fingerprint density at radius 3 is 2.26 bits per heavy atom. The molecule has 1 aromatic carbocycles. The van der Waals surface area contributed by atoms with E-state index in [0.717, 1.165) is 4.90 Å². The van der Waals surface area contributed by atoms with Crippen molar-refractivity contribution in [3.05, 3.63) is 30.0 Å². The first-order valence-corrected chi connectivity index (χ1v) is 8.59. The SMILES string of the molecule is CC(C)[C@H](C(=O)Nc1c(C(N)=O)oc2ccccc12)N(C(=O)O)C(C)(C)C. The van der Waals surface area contributed by atoms with Crippen LogP contribution in [-0.4, -0.2) is 39.5 Å². The number of nitrogens with zero attached hydrogens (tertiary/aromatic N) is 1. The molecule has 0 saturated carbocycles. The highest BCUT2D eigenvalue weighted by molar-refractivity contribution is 6.11. The summed E-state index contributed by atoms with van der Waals surface area (Å²) in [5.74, 6) is -1.87. The first-order chi connectivity index (χ1) is 12.4. The fourth-order valence-corrected chi connectivity index (χ4v) is 3.08. The van der Waals surface area contributed by atoms with E-state index in [1.807, 2.05) is 0 Å². The summed E-state index contributed by atoms with van der Waals surface area (Å²) in [6.45, 7) is 8.66. The highest BCUT2D eigenvalue weighted by Gasteiger charge is 2.40. The molecule has 1 heterocycles. The molecule has 0 bridgehead atoms. The molecule has 4 N–H and O–H groups in total. The van der Waals surface area contributed by atoms with E-state index in [4.69, 9.17) is 10.2 Å². The van der Waals surface area contributed by atoms with Gasteiger partial charge in [0, 0.05) is 10.9 Å². The van der Waals surface area contributed by atoms with Crippen LogP contribution in [0.5, 0.6) is 0 Å². The number of anilines is 1. The van der Waals surface area contributed by atoms with Crippen LogP contribution in [0.25, 0.3) is 11.0 Å². The molecule has 0 aliphatic rings. The number of rotatable bonds is 5. The zero-order chi connectivity index (χ0) is 20.5. The van der Waals surface area contributed by atoms with Gasteiger partial charge in [0.15, 0.2) is 0 Å². The third kappa shape index (κ3) is 4.05. The zero-order valence-corrected chi connectivity index (χ0v) is 16.1. The Morgan fingerprint density at radius 1 is 1.19 bits per heavy atom. The number of carbonyl (C=O) groups excluding carboxylic acids is 2. The van der Waals surface area contributed by atoms with Crippen molar-refractivity contribution in [2.75, 3.05) is 5.32 Å². The highest BCUT2D eigenvalue weighted by Crippen LogP contribution is 2.32. The Kier molecular flexibility index (Phi) is 5.48. The summed E-state index contributed by atoms with van der Waals surface area (Å²) in [6.07, 6.45) is -1.21. The van der Waals surface area contributed by atoms with Crippen LogP contribution in [0.3, 0.4) is 0 Å². The summed E-state index contributed by atoms with van der Waals surface area (Å²) < 4.78 is 5.46. The normalized spacial score (nSPS) is 12.8. The van der Waals surface area contributed by atoms with E-state index in [9.17, 15) is 19.5 Å². The number of carboxylic acid groups (broad SMARTS) is 1. The van der Waals surface area contributed by atoms with E-state index in [0.29, 0.717) is 11.0 Å². The van der Waals surface area contributed by atoms with Crippen molar-refractivity contribution in [2.24, 2.45) is 11.7 Å². The van der Waals surface area contributed by atoms with Gasteiger partial charge < -0.3 is 20.6 Å². The second-order valence-corrected chi connectivity index (χ2v) is 7.67. The lowest BCUT2D eigenvalue weighted by atomic mass is 9.95. The van der Waals surface area contributed by atoms with Crippen molar-refractivity contribution < 1.29 is 23.9 Å². The molecule has 0 saturated heterocycles. The van der Waals surface area contributed by atoms with Crippen LogP contribution in [0, 0.1) is 5.92 Å². The van der Waals surface area contributed by atoms with Gasteiger partial charge in [0.05, 0.1) is 0 Å². The van der Waals surface area contributed by atoms with Gasteiger partial charge in [0.25, 0.3) is 5.91 Å². The van der Waals surface area contributed by atoms with E-state index >= 15 is 0 Å². The van der Waals surface area contributed by atoms with E-state index in [2.05, 4.69) is 5.32 Å². The van der Waals surface area contributed by atoms with Crippen LogP contribution in [0.15, 0.2) is 28.7 Å². The molecule has 1 atom stereocenters. The molecular formula is C19H25N3O5. The van der Waals surface area contributed by atoms with Crippen molar-refractivity contribution >= 4 is 34.6 Å². The van der Waals surface area contributed by atoms with Crippen molar-refractivity contribution in [1.82, 2.24) is 4.90 Å². The van der Waals surface area contributed by atoms with E-state index in [1.54, 1.807) is 58.9 Å². The molecule has 0 fully saturated rings. The summed E-state index contributed by atoms with van der Waals surface area (Å²) in [5, 5.41) is 12.8. The number of benzene rings is 1. The Morgan fingerprint density at radius 2 is 1.78 bits per heavy atom. The van der Waals surface area contributed by atoms with Gasteiger partial charge in [-0.05, 0) is 38.8 Å². The predicted molar refractivity (Wildman–Crippen MR) is 102 cm³/mol. The van der Waals surface area contributed by atoms with Crippen LogP contribution in [0.2, 0.25) is 0 Å². The number of furan rings is 1. The van der Waals surface area contributed by atoms with Crippen LogP contribution in [0.4, 0.5) is 10.5 Å². The zero-order valence-electron chi connectivity index (χ0n) is 16.1. The first-order valence-electron chi connectivity index (χ1n) is 8.59. The fourth-order valence-electron chi connectivity index (χ4n) is 3.08. The maximum Gasteiger partial charge on any atom is 0.408 e. The summed E-state index contributed by atoms with van der Waals surface area (Å²) in [6, 6.07) is 5.82. The Hall–Kier alpha value is -3.03. The van der Waals surface area contributed by atoms with Gasteiger partial charge in [-0.1, -0.05) is 26.0 Å². The number of fused-ring (bicyclic) bond motifs is 1. The molecule has 0 unspecified atom stereocenters. The van der Waals surface area contributed by atoms with Gasteiger partial charge >= 0.3 is 6.09 Å². The molecule has 8 heteroatoms. The number of para-hydroxylation sites is 1. The molecule has 1 aromatic heterocycles. The molecule has 0 spiro atoms. The summed E-state index contributed by atoms with van der Waals surface area (Å²) in [7, 11) is 0. The maximum atomic E-state index is 13.1. The number of hydrogen-bond acceptors (Lipinski definition) is 4. The Balaban J connectivity index is 2.50. The van der Waals surface area contributed by atoms with E-state index < -0.39 is 29.5 Å². The number of hydrogen-bond donors (Lipinski definition) is 3. The van der Waals surface area contributed by atoms with E-state index in [-0.39, 0.29) is 17.4 Å². The Bertz CT molecular complexity index is 879. The lowest BCUT2D eigenvalue weighted by molar-refractivity contribution is -0.124. The monoisotopic (exact) mass is 375 g/mol. The number of carbonyl (C=O) groups is 3. The van der Waals surface area contributed by atoms with Gasteiger partial charge in [-0.15, -0.1) is 0 Å². The summed E-state index contributed by atoms with van der Waals surface area (Å²) in [4.78, 5) is 37.8. The number of nitrogens with two attached hydrogens (primary N) is 1. The molecule has 27 heavy (non-hydrogen) atoms. The highest BCUT2D eigenvalue weighted by atomic mass is 16.4. The average molecular weight is 375 g/mol. The smallest absolute Gasteiger partial charge is 0.408 e. The van der Waals surface area contributed by atoms with Crippen LogP contribution >= 0.6 is 0 Å². The summed E-state index contributed by atoms with van der Waals surface area (Å²) in [5.41, 5.74) is 5.12. The Labute approximate surface area is 157 Å². The number of primary amides is 1. The van der Waals surface area contributed by atoms with Crippen LogP contribution < -0.4 is 11.1 Å². The van der Waals surface area contributed by atoms with Gasteiger partial charge in [-0.25, -0.2) is 4.79 Å². The largest absolute Gasteiger partial charge is 0.465 e. The van der Waals surface area contributed by atoms with Crippen molar-refractivity contribution in [1.29, 1.82) is 0 Å². The molecule has 2 aromatic rings. The third-order valence-electron chi connectivity index (χ3n) is 4.17. The molecule has 2 rings (SSSR count). The minimum Gasteiger partial charge on any atom is -0.465 e. The van der Waals surface area contributed by atoms with Crippen LogP contribution in [-0.2, 0) is 4.79 Å². The van der Waals surface area contributed by atoms with Crippen molar-refractivity contribution in [3.63, 3.8) is 0 Å². The average Bonchev–Trinajstić information content (AvgIpc) is 2.89. The minimum atomic E-state index is -1.21. The maximum absolute atomic E-state index is 13.1. The van der Waals surface area contributed by atoms with Crippen molar-refractivity contribution in [2.45, 2.75) is 46.2 Å². The number of nitrogens with one attached hydrogen (secondary N) is 1. The van der Waals surface area contributed by atoms with Crippen molar-refractivity contribution in [3.8, 4) is 0 Å². The fraction of sp³-hybridized carbons (Fsp3) is 0.421. The number of amides is 3. The molecule has 0 aliphatic heterocycles. The second kappa shape index (κ2) is 7.30. The van der Waals surface area contributed by atoms with E-state index in [1.165, 1.54) is 0 Å². The minimum absolute atomic E-state index is 0.146. The molecule has 146 valence electrons. The quantitative estimate of drug-likeness (QED) is 0.739. The standard InChI is InChI=1S/C19H25N3O5/c1-10(2)14(22(18(25)26)19(3,4)5)17(24)21-13-11-8-6-7-9-12(11)27-15(13)16(20)23/h6-10,14H,1-5H3,(H2,20,23)(H,21,24)(H,25,26)/t14-/m1/s1. The van der Waals surface area contributed by atoms with Gasteiger partial charge in [-0.2, -0.15) is 0 Å². The van der Waals surface area contributed by atoms with Gasteiger partial charge in [-0.3, -0.25) is 14.5 Å². The predicted octanol–water partition coefficient (Wildman–Crippen LogP) is 3.27. The first kappa shape index (κ1) is 20.3. The van der Waals surface area contributed by atoms with Gasteiger partial charge in [0.1, 0.15) is 17.3 Å². The summed E-state index contributed by atoms with van der Waals surface area (Å²) >= 11 is 0. The second-order valence-electron chi connectivity index (χ2n) is 7.67. The molecule has 0 radical (unpaired) electrons. The lowest BCUT2D eigenvalue weighted by Gasteiger charge is -2.40. The topological polar surface area (TPSA) is 126 Å². The molecule has 3 amide bonds. The molecule has 0 aliphatic carbocycles. The lowest BCUT2D eigenvalue weighted by Crippen LogP contribution is -2.57. The third-order valence-corrected chi connectivity index (χ3v) is 4.17. The molecule has 8 nitrogen and oxygen atoms in total. The molecular weight excluding hydrogens is 350 g/mol. The van der Waals surface area contributed by atoms with Gasteiger partial charge in [0.2, 0.25) is 11.7 Å². The van der Waals surface area contributed by atoms with Crippen LogP contribution in [0.1, 0.15) is 45.2 Å².